The molecule has 3 atom stereocenters. The summed E-state index contributed by atoms with van der Waals surface area (Å²) < 4.78 is 0. The Kier molecular flexibility index (Phi) is 3.78. The van der Waals surface area contributed by atoms with Gasteiger partial charge in [0, 0.05) is 6.54 Å². The Balaban J connectivity index is 2.58. The van der Waals surface area contributed by atoms with Crippen LogP contribution in [0.25, 0.3) is 0 Å². The van der Waals surface area contributed by atoms with Crippen molar-refractivity contribution in [2.75, 3.05) is 13.1 Å². The highest BCUT2D eigenvalue weighted by Gasteiger charge is 2.35. The highest BCUT2D eigenvalue weighted by atomic mass is 16.3. The van der Waals surface area contributed by atoms with Crippen molar-refractivity contribution in [1.82, 2.24) is 10.6 Å². The van der Waals surface area contributed by atoms with Crippen LogP contribution in [-0.4, -0.2) is 42.2 Å². The van der Waals surface area contributed by atoms with Gasteiger partial charge in [-0.15, -0.1) is 0 Å². The van der Waals surface area contributed by atoms with Crippen LogP contribution < -0.4 is 16.4 Å². The summed E-state index contributed by atoms with van der Waals surface area (Å²) in [5.74, 6) is -0.470. The lowest BCUT2D eigenvalue weighted by Crippen LogP contribution is -2.64. The summed E-state index contributed by atoms with van der Waals surface area (Å²) in [7, 11) is 0. The van der Waals surface area contributed by atoms with Gasteiger partial charge in [-0.3, -0.25) is 9.59 Å². The molecule has 15 heavy (non-hydrogen) atoms. The number of rotatable bonds is 4. The fourth-order valence-electron chi connectivity index (χ4n) is 1.43. The summed E-state index contributed by atoms with van der Waals surface area (Å²) in [5.41, 5.74) is 3.86. The number of carbonyl (C=O) groups excluding carboxylic acids is 2. The van der Waals surface area contributed by atoms with Crippen molar-refractivity contribution in [2.24, 2.45) is 11.7 Å². The standard InChI is InChI=1S/C9H17N3O3/c1-6(14)9(10,5-13)12-8(15)7-2-3-11-4-7/h5-7,11,14H,2-4,10H2,1H3,(H,12,15)/t6-,7-,9-/m1/s1. The second-order valence-corrected chi connectivity index (χ2v) is 3.91. The van der Waals surface area contributed by atoms with Gasteiger partial charge in [0.2, 0.25) is 5.91 Å². The summed E-state index contributed by atoms with van der Waals surface area (Å²) in [6, 6.07) is 0. The first-order valence-electron chi connectivity index (χ1n) is 4.95. The number of aldehydes is 1. The molecule has 1 heterocycles. The van der Waals surface area contributed by atoms with Crippen molar-refractivity contribution in [2.45, 2.75) is 25.1 Å². The van der Waals surface area contributed by atoms with E-state index in [4.69, 9.17) is 5.73 Å². The molecule has 6 nitrogen and oxygen atoms in total. The molecule has 1 amide bonds. The summed E-state index contributed by atoms with van der Waals surface area (Å²) in [4.78, 5) is 22.3. The summed E-state index contributed by atoms with van der Waals surface area (Å²) in [5, 5.41) is 14.7. The van der Waals surface area contributed by atoms with Gasteiger partial charge in [0.1, 0.15) is 0 Å². The molecule has 0 unspecified atom stereocenters. The van der Waals surface area contributed by atoms with Crippen molar-refractivity contribution >= 4 is 12.2 Å². The predicted molar refractivity (Wildman–Crippen MR) is 53.8 cm³/mol. The van der Waals surface area contributed by atoms with Gasteiger partial charge in [-0.1, -0.05) is 0 Å². The van der Waals surface area contributed by atoms with Gasteiger partial charge in [-0.05, 0) is 19.9 Å². The van der Waals surface area contributed by atoms with Crippen molar-refractivity contribution in [1.29, 1.82) is 0 Å². The second kappa shape index (κ2) is 4.69. The molecule has 1 aliphatic heterocycles. The van der Waals surface area contributed by atoms with Gasteiger partial charge in [-0.2, -0.15) is 0 Å². The van der Waals surface area contributed by atoms with E-state index in [1.165, 1.54) is 6.92 Å². The van der Waals surface area contributed by atoms with Crippen molar-refractivity contribution in [3.05, 3.63) is 0 Å². The van der Waals surface area contributed by atoms with Crippen molar-refractivity contribution < 1.29 is 14.7 Å². The van der Waals surface area contributed by atoms with E-state index in [2.05, 4.69) is 10.6 Å². The third-order valence-corrected chi connectivity index (χ3v) is 2.66. The number of hydrogen-bond acceptors (Lipinski definition) is 5. The highest BCUT2D eigenvalue weighted by molar-refractivity contribution is 5.84. The summed E-state index contributed by atoms with van der Waals surface area (Å²) in [6.07, 6.45) is -0.0354. The molecule has 6 heteroatoms. The van der Waals surface area contributed by atoms with E-state index >= 15 is 0 Å². The molecule has 0 aromatic heterocycles. The van der Waals surface area contributed by atoms with Crippen LogP contribution in [0.3, 0.4) is 0 Å². The lowest BCUT2D eigenvalue weighted by atomic mass is 10.0. The van der Waals surface area contributed by atoms with Crippen LogP contribution in [0.1, 0.15) is 13.3 Å². The summed E-state index contributed by atoms with van der Waals surface area (Å²) in [6.45, 7) is 2.73. The fraction of sp³-hybridized carbons (Fsp3) is 0.778. The molecule has 1 aliphatic rings. The molecule has 1 fully saturated rings. The van der Waals surface area contributed by atoms with E-state index in [9.17, 15) is 14.7 Å². The molecule has 0 radical (unpaired) electrons. The Labute approximate surface area is 88.2 Å². The molecule has 5 N–H and O–H groups in total. The topological polar surface area (TPSA) is 104 Å². The molecular weight excluding hydrogens is 198 g/mol. The Morgan fingerprint density at radius 3 is 2.87 bits per heavy atom. The fourth-order valence-corrected chi connectivity index (χ4v) is 1.43. The Bertz CT molecular complexity index is 251. The maximum absolute atomic E-state index is 11.6. The van der Waals surface area contributed by atoms with Gasteiger partial charge in [0.05, 0.1) is 12.0 Å². The molecule has 0 bridgehead atoms. The van der Waals surface area contributed by atoms with E-state index in [1.54, 1.807) is 0 Å². The van der Waals surface area contributed by atoms with Gasteiger partial charge in [0.15, 0.2) is 11.9 Å². The zero-order valence-corrected chi connectivity index (χ0v) is 8.69. The van der Waals surface area contributed by atoms with Crippen LogP contribution in [0.4, 0.5) is 0 Å². The number of aliphatic hydroxyl groups is 1. The van der Waals surface area contributed by atoms with Crippen molar-refractivity contribution in [3.63, 3.8) is 0 Å². The highest BCUT2D eigenvalue weighted by Crippen LogP contribution is 2.09. The van der Waals surface area contributed by atoms with E-state index in [-0.39, 0.29) is 11.8 Å². The van der Waals surface area contributed by atoms with Crippen LogP contribution in [0.5, 0.6) is 0 Å². The molecule has 86 valence electrons. The second-order valence-electron chi connectivity index (χ2n) is 3.91. The average Bonchev–Trinajstić information content (AvgIpc) is 2.70. The van der Waals surface area contributed by atoms with E-state index in [0.29, 0.717) is 12.8 Å². The first-order valence-corrected chi connectivity index (χ1v) is 4.95. The van der Waals surface area contributed by atoms with Crippen LogP contribution >= 0.6 is 0 Å². The molecule has 0 aromatic carbocycles. The minimum absolute atomic E-state index is 0.174. The maximum atomic E-state index is 11.6. The zero-order chi connectivity index (χ0) is 11.5. The third-order valence-electron chi connectivity index (χ3n) is 2.66. The van der Waals surface area contributed by atoms with Gasteiger partial charge < -0.3 is 21.5 Å². The normalized spacial score (nSPS) is 26.7. The summed E-state index contributed by atoms with van der Waals surface area (Å²) >= 11 is 0. The number of carbonyl (C=O) groups is 2. The minimum atomic E-state index is -1.68. The van der Waals surface area contributed by atoms with Crippen LogP contribution in [0.2, 0.25) is 0 Å². The number of hydrogen-bond donors (Lipinski definition) is 4. The molecule has 0 aliphatic carbocycles. The SMILES string of the molecule is C[C@@H](O)[C@@](N)(C=O)NC(=O)[C@@H]1CCNC1. The maximum Gasteiger partial charge on any atom is 0.226 e. The van der Waals surface area contributed by atoms with Crippen LogP contribution in [-0.2, 0) is 9.59 Å². The minimum Gasteiger partial charge on any atom is -0.389 e. The average molecular weight is 215 g/mol. The largest absolute Gasteiger partial charge is 0.389 e. The number of amides is 1. The van der Waals surface area contributed by atoms with E-state index in [1.807, 2.05) is 0 Å². The van der Waals surface area contributed by atoms with Gasteiger partial charge in [0.25, 0.3) is 0 Å². The van der Waals surface area contributed by atoms with Crippen LogP contribution in [0, 0.1) is 5.92 Å². The molecule has 0 spiro atoms. The zero-order valence-electron chi connectivity index (χ0n) is 8.69. The molecule has 1 saturated heterocycles. The van der Waals surface area contributed by atoms with Crippen LogP contribution in [0.15, 0.2) is 0 Å². The third kappa shape index (κ3) is 2.74. The smallest absolute Gasteiger partial charge is 0.226 e. The molecule has 0 saturated carbocycles. The van der Waals surface area contributed by atoms with Gasteiger partial charge in [-0.25, -0.2) is 0 Å². The number of aliphatic hydroxyl groups excluding tert-OH is 1. The number of nitrogens with one attached hydrogen (secondary N) is 2. The Hall–Kier alpha value is -0.980. The molecular formula is C9H17N3O3. The lowest BCUT2D eigenvalue weighted by Gasteiger charge is -2.28. The van der Waals surface area contributed by atoms with E-state index in [0.717, 1.165) is 13.0 Å². The van der Waals surface area contributed by atoms with Crippen molar-refractivity contribution in [3.8, 4) is 0 Å². The first kappa shape index (κ1) is 12.1. The molecule has 0 aromatic rings. The predicted octanol–water partition coefficient (Wildman–Crippen LogP) is -2.05. The van der Waals surface area contributed by atoms with Gasteiger partial charge >= 0.3 is 0 Å². The monoisotopic (exact) mass is 215 g/mol. The number of nitrogens with two attached hydrogens (primary N) is 1. The molecule has 1 rings (SSSR count). The van der Waals surface area contributed by atoms with E-state index < -0.39 is 11.8 Å². The Morgan fingerprint density at radius 2 is 2.47 bits per heavy atom. The lowest BCUT2D eigenvalue weighted by molar-refractivity contribution is -0.132. The quantitative estimate of drug-likeness (QED) is 0.319. The Morgan fingerprint density at radius 1 is 1.80 bits per heavy atom. The first-order chi connectivity index (χ1) is 6.99.